The van der Waals surface area contributed by atoms with Crippen LogP contribution in [0.25, 0.3) is 10.9 Å². The third kappa shape index (κ3) is 4.91. The summed E-state index contributed by atoms with van der Waals surface area (Å²) in [4.78, 5) is 31.7. The molecule has 6 heteroatoms. The van der Waals surface area contributed by atoms with E-state index in [9.17, 15) is 9.59 Å². The summed E-state index contributed by atoms with van der Waals surface area (Å²) in [6.07, 6.45) is 4.05. The van der Waals surface area contributed by atoms with Crippen molar-refractivity contribution in [1.29, 1.82) is 0 Å². The van der Waals surface area contributed by atoms with Gasteiger partial charge < -0.3 is 15.0 Å². The Morgan fingerprint density at radius 1 is 0.970 bits per heavy atom. The number of likely N-dealkylation sites (tertiary alicyclic amines) is 1. The Hall–Kier alpha value is -3.25. The Bertz CT molecular complexity index is 1140. The summed E-state index contributed by atoms with van der Waals surface area (Å²) >= 11 is 0. The van der Waals surface area contributed by atoms with Crippen LogP contribution in [-0.2, 0) is 16.0 Å². The third-order valence-corrected chi connectivity index (χ3v) is 6.89. The average molecular weight is 444 g/mol. The lowest BCUT2D eigenvalue weighted by atomic mass is 9.88. The minimum absolute atomic E-state index is 0.000904. The molecule has 0 saturated carbocycles. The quantitative estimate of drug-likeness (QED) is 0.652. The molecular weight excluding hydrogens is 414 g/mol. The van der Waals surface area contributed by atoms with Crippen molar-refractivity contribution in [1.82, 2.24) is 15.2 Å². The normalized spacial score (nSPS) is 19.6. The maximum Gasteiger partial charge on any atom is 0.269 e. The first kappa shape index (κ1) is 21.6. The smallest absolute Gasteiger partial charge is 0.269 e. The van der Waals surface area contributed by atoms with E-state index < -0.39 is 0 Å². The van der Waals surface area contributed by atoms with Crippen LogP contribution in [0.5, 0.6) is 0 Å². The van der Waals surface area contributed by atoms with Gasteiger partial charge in [0.1, 0.15) is 5.69 Å². The van der Waals surface area contributed by atoms with Crippen molar-refractivity contribution >= 4 is 22.7 Å². The van der Waals surface area contributed by atoms with E-state index in [0.717, 1.165) is 55.2 Å². The molecule has 1 N–H and O–H groups in total. The Balaban J connectivity index is 1.10. The van der Waals surface area contributed by atoms with Crippen LogP contribution in [0.1, 0.15) is 41.7 Å². The van der Waals surface area contributed by atoms with Gasteiger partial charge >= 0.3 is 0 Å². The van der Waals surface area contributed by atoms with Crippen LogP contribution in [-0.4, -0.2) is 53.0 Å². The Morgan fingerprint density at radius 2 is 1.73 bits per heavy atom. The highest BCUT2D eigenvalue weighted by molar-refractivity contribution is 5.94. The molecule has 3 aromatic rings. The monoisotopic (exact) mass is 443 g/mol. The van der Waals surface area contributed by atoms with Crippen LogP contribution < -0.4 is 5.32 Å². The first-order valence-corrected chi connectivity index (χ1v) is 11.7. The number of amides is 2. The minimum Gasteiger partial charge on any atom is -0.370 e. The highest BCUT2D eigenvalue weighted by atomic mass is 16.5. The molecular formula is C27H29N3O3. The van der Waals surface area contributed by atoms with E-state index in [1.807, 2.05) is 65.6 Å². The maximum absolute atomic E-state index is 12.7. The van der Waals surface area contributed by atoms with Crippen LogP contribution in [0.2, 0.25) is 0 Å². The zero-order chi connectivity index (χ0) is 22.7. The summed E-state index contributed by atoms with van der Waals surface area (Å²) in [6.45, 7) is 1.93. The van der Waals surface area contributed by atoms with Gasteiger partial charge in [-0.2, -0.15) is 0 Å². The number of carbonyl (C=O) groups excluding carboxylic acids is 2. The van der Waals surface area contributed by atoms with Crippen molar-refractivity contribution < 1.29 is 14.3 Å². The van der Waals surface area contributed by atoms with E-state index in [1.165, 1.54) is 0 Å². The molecule has 33 heavy (non-hydrogen) atoms. The van der Waals surface area contributed by atoms with Gasteiger partial charge in [-0.25, -0.2) is 4.98 Å². The van der Waals surface area contributed by atoms with E-state index in [-0.39, 0.29) is 23.5 Å². The molecule has 5 rings (SSSR count). The number of rotatable bonds is 5. The van der Waals surface area contributed by atoms with Crippen molar-refractivity contribution in [2.45, 2.75) is 43.8 Å². The third-order valence-electron chi connectivity index (χ3n) is 6.89. The molecule has 2 saturated heterocycles. The number of piperidine rings is 1. The Kier molecular flexibility index (Phi) is 6.09. The van der Waals surface area contributed by atoms with Crippen LogP contribution in [0.4, 0.5) is 0 Å². The molecule has 2 aromatic carbocycles. The molecule has 1 spiro atoms. The van der Waals surface area contributed by atoms with Crippen molar-refractivity contribution in [2.75, 3.05) is 19.6 Å². The number of para-hydroxylation sites is 1. The molecule has 1 atom stereocenters. The zero-order valence-electron chi connectivity index (χ0n) is 18.7. The molecule has 2 aliphatic heterocycles. The number of benzene rings is 2. The topological polar surface area (TPSA) is 71.5 Å². The lowest BCUT2D eigenvalue weighted by Gasteiger charge is -2.39. The number of aromatic nitrogens is 1. The molecule has 0 aliphatic carbocycles. The van der Waals surface area contributed by atoms with Crippen molar-refractivity contribution in [3.63, 3.8) is 0 Å². The number of hydrogen-bond acceptors (Lipinski definition) is 4. The van der Waals surface area contributed by atoms with Gasteiger partial charge in [-0.15, -0.1) is 0 Å². The molecule has 1 unspecified atom stereocenters. The van der Waals surface area contributed by atoms with Gasteiger partial charge in [0.05, 0.1) is 23.6 Å². The second kappa shape index (κ2) is 9.32. The first-order valence-electron chi connectivity index (χ1n) is 11.7. The van der Waals surface area contributed by atoms with Crippen molar-refractivity contribution in [2.24, 2.45) is 0 Å². The number of pyridine rings is 1. The molecule has 0 radical (unpaired) electrons. The van der Waals surface area contributed by atoms with Gasteiger partial charge in [-0.1, -0.05) is 54.6 Å². The van der Waals surface area contributed by atoms with Gasteiger partial charge in [0.2, 0.25) is 5.91 Å². The van der Waals surface area contributed by atoms with E-state index >= 15 is 0 Å². The largest absolute Gasteiger partial charge is 0.370 e. The number of hydrogen-bond donors (Lipinski definition) is 1. The first-order chi connectivity index (χ1) is 16.1. The summed E-state index contributed by atoms with van der Waals surface area (Å²) in [5.41, 5.74) is 2.12. The number of carbonyl (C=O) groups is 2. The van der Waals surface area contributed by atoms with Crippen LogP contribution in [0.3, 0.4) is 0 Å². The summed E-state index contributed by atoms with van der Waals surface area (Å²) < 4.78 is 6.42. The molecule has 0 bridgehead atoms. The molecule has 2 aliphatic rings. The van der Waals surface area contributed by atoms with Crippen molar-refractivity contribution in [3.8, 4) is 0 Å². The van der Waals surface area contributed by atoms with Crippen LogP contribution in [0.15, 0.2) is 66.7 Å². The minimum atomic E-state index is -0.174. The number of fused-ring (bicyclic) bond motifs is 1. The maximum atomic E-state index is 12.7. The standard InChI is InChI=1S/C27H29N3O3/c31-25(18-20-6-2-1-3-7-20)30-16-14-27(15-17-30)13-12-22(33-27)19-28-26(32)24-11-10-21-8-4-5-9-23(21)29-24/h1-11,22H,12-19H2,(H,28,32). The summed E-state index contributed by atoms with van der Waals surface area (Å²) in [5.74, 6) is 0.00683. The molecule has 3 heterocycles. The van der Waals surface area contributed by atoms with Gasteiger partial charge in [-0.05, 0) is 43.4 Å². The van der Waals surface area contributed by atoms with Crippen molar-refractivity contribution in [3.05, 3.63) is 78.0 Å². The SMILES string of the molecule is O=C(NCC1CCC2(CCN(C(=O)Cc3ccccc3)CC2)O1)c1ccc2ccccc2n1. The van der Waals surface area contributed by atoms with E-state index in [4.69, 9.17) is 4.74 Å². The van der Waals surface area contributed by atoms with Gasteiger partial charge in [0.25, 0.3) is 5.91 Å². The highest BCUT2D eigenvalue weighted by Crippen LogP contribution is 2.38. The molecule has 2 amide bonds. The Labute approximate surface area is 194 Å². The highest BCUT2D eigenvalue weighted by Gasteiger charge is 2.43. The molecule has 1 aromatic heterocycles. The summed E-state index contributed by atoms with van der Waals surface area (Å²) in [5, 5.41) is 4.01. The molecule has 2 fully saturated rings. The summed E-state index contributed by atoms with van der Waals surface area (Å²) in [6, 6.07) is 21.3. The Morgan fingerprint density at radius 3 is 2.55 bits per heavy atom. The predicted molar refractivity (Wildman–Crippen MR) is 127 cm³/mol. The molecule has 170 valence electrons. The van der Waals surface area contributed by atoms with Gasteiger partial charge in [-0.3, -0.25) is 9.59 Å². The molecule has 6 nitrogen and oxygen atoms in total. The van der Waals surface area contributed by atoms with Crippen LogP contribution >= 0.6 is 0 Å². The van der Waals surface area contributed by atoms with Gasteiger partial charge in [0, 0.05) is 25.0 Å². The average Bonchev–Trinajstić information content (AvgIpc) is 3.25. The number of ether oxygens (including phenoxy) is 1. The lowest BCUT2D eigenvalue weighted by molar-refractivity contribution is -0.136. The fourth-order valence-electron chi connectivity index (χ4n) is 4.94. The van der Waals surface area contributed by atoms with E-state index in [0.29, 0.717) is 18.7 Å². The van der Waals surface area contributed by atoms with Crippen LogP contribution in [0, 0.1) is 0 Å². The van der Waals surface area contributed by atoms with E-state index in [1.54, 1.807) is 6.07 Å². The second-order valence-corrected chi connectivity index (χ2v) is 9.10. The fraction of sp³-hybridized carbons (Fsp3) is 0.370. The lowest BCUT2D eigenvalue weighted by Crippen LogP contribution is -2.47. The number of nitrogens with zero attached hydrogens (tertiary/aromatic N) is 2. The van der Waals surface area contributed by atoms with E-state index in [2.05, 4.69) is 10.3 Å². The zero-order valence-corrected chi connectivity index (χ0v) is 18.7. The fourth-order valence-corrected chi connectivity index (χ4v) is 4.94. The number of nitrogens with one attached hydrogen (secondary N) is 1. The van der Waals surface area contributed by atoms with Gasteiger partial charge in [0.15, 0.2) is 0 Å². The predicted octanol–water partition coefficient (Wildman–Crippen LogP) is 3.75. The summed E-state index contributed by atoms with van der Waals surface area (Å²) in [7, 11) is 0. The second-order valence-electron chi connectivity index (χ2n) is 9.10.